The van der Waals surface area contributed by atoms with Gasteiger partial charge in [0.25, 0.3) is 0 Å². The Bertz CT molecular complexity index is 562. The van der Waals surface area contributed by atoms with Gasteiger partial charge in [-0.3, -0.25) is 0 Å². The molecule has 0 saturated carbocycles. The van der Waals surface area contributed by atoms with Crippen molar-refractivity contribution >= 4 is 0 Å². The molecule has 4 nitrogen and oxygen atoms in total. The van der Waals surface area contributed by atoms with E-state index in [1.165, 1.54) is 18.3 Å². The Morgan fingerprint density at radius 1 is 1.24 bits per heavy atom. The van der Waals surface area contributed by atoms with Gasteiger partial charge in [0.05, 0.1) is 5.56 Å². The van der Waals surface area contributed by atoms with Crippen molar-refractivity contribution in [2.24, 2.45) is 0 Å². The van der Waals surface area contributed by atoms with Crippen LogP contribution in [0.5, 0.6) is 0 Å². The molecule has 2 aromatic heterocycles. The van der Waals surface area contributed by atoms with Crippen LogP contribution >= 0.6 is 0 Å². The van der Waals surface area contributed by atoms with Crippen molar-refractivity contribution in [2.45, 2.75) is 6.18 Å². The normalized spacial score (nSPS) is 11.2. The van der Waals surface area contributed by atoms with E-state index in [4.69, 9.17) is 5.26 Å². The zero-order valence-corrected chi connectivity index (χ0v) is 8.31. The zero-order chi connectivity index (χ0) is 12.5. The summed E-state index contributed by atoms with van der Waals surface area (Å²) in [6, 6.07) is 5.60. The monoisotopic (exact) mass is 238 g/mol. The van der Waals surface area contributed by atoms with Gasteiger partial charge in [-0.25, -0.2) is 9.67 Å². The first-order valence-corrected chi connectivity index (χ1v) is 4.50. The molecule has 0 unspecified atom stereocenters. The van der Waals surface area contributed by atoms with Crippen LogP contribution in [0.1, 0.15) is 11.3 Å². The molecule has 0 radical (unpaired) electrons. The number of nitriles is 1. The van der Waals surface area contributed by atoms with Gasteiger partial charge in [-0.2, -0.15) is 23.5 Å². The minimum Gasteiger partial charge on any atom is -0.236 e. The average molecular weight is 238 g/mol. The van der Waals surface area contributed by atoms with E-state index in [-0.39, 0.29) is 5.82 Å². The Balaban J connectivity index is 2.34. The number of aromatic nitrogens is 3. The molecule has 0 saturated heterocycles. The lowest BCUT2D eigenvalue weighted by molar-refractivity contribution is -0.141. The second-order valence-corrected chi connectivity index (χ2v) is 3.16. The van der Waals surface area contributed by atoms with Crippen LogP contribution < -0.4 is 0 Å². The molecule has 0 aliphatic rings. The molecule has 0 atom stereocenters. The predicted octanol–water partition coefficient (Wildman–Crippen LogP) is 2.16. The molecule has 0 amide bonds. The molecule has 0 bridgehead atoms. The number of halogens is 3. The molecule has 86 valence electrons. The molecule has 2 heterocycles. The van der Waals surface area contributed by atoms with Gasteiger partial charge in [0, 0.05) is 12.4 Å². The highest BCUT2D eigenvalue weighted by atomic mass is 19.4. The zero-order valence-electron chi connectivity index (χ0n) is 8.31. The summed E-state index contributed by atoms with van der Waals surface area (Å²) in [5.41, 5.74) is -0.652. The fourth-order valence-corrected chi connectivity index (χ4v) is 1.19. The number of nitrogens with zero attached hydrogens (tertiary/aromatic N) is 4. The third-order valence-corrected chi connectivity index (χ3v) is 1.99. The van der Waals surface area contributed by atoms with E-state index < -0.39 is 11.9 Å². The summed E-state index contributed by atoms with van der Waals surface area (Å²) in [7, 11) is 0. The van der Waals surface area contributed by atoms with Gasteiger partial charge in [-0.1, -0.05) is 0 Å². The van der Waals surface area contributed by atoms with Crippen LogP contribution in [0, 0.1) is 11.3 Å². The van der Waals surface area contributed by atoms with Gasteiger partial charge >= 0.3 is 6.18 Å². The number of hydrogen-bond acceptors (Lipinski definition) is 3. The van der Waals surface area contributed by atoms with E-state index in [1.54, 1.807) is 0 Å². The lowest BCUT2D eigenvalue weighted by Crippen LogP contribution is -2.07. The van der Waals surface area contributed by atoms with Crippen molar-refractivity contribution in [1.29, 1.82) is 5.26 Å². The molecule has 0 spiro atoms. The van der Waals surface area contributed by atoms with Crippen molar-refractivity contribution in [2.75, 3.05) is 0 Å². The quantitative estimate of drug-likeness (QED) is 0.764. The minimum absolute atomic E-state index is 0.222. The summed E-state index contributed by atoms with van der Waals surface area (Å²) in [5.74, 6) is 0.222. The Labute approximate surface area is 93.9 Å². The number of rotatable bonds is 1. The molecule has 0 fully saturated rings. The van der Waals surface area contributed by atoms with Gasteiger partial charge in [-0.05, 0) is 18.2 Å². The van der Waals surface area contributed by atoms with Crippen LogP contribution in [-0.4, -0.2) is 14.8 Å². The first-order chi connectivity index (χ1) is 8.00. The topological polar surface area (TPSA) is 54.5 Å². The highest BCUT2D eigenvalue weighted by molar-refractivity contribution is 5.31. The molecule has 7 heteroatoms. The van der Waals surface area contributed by atoms with Gasteiger partial charge in [0.15, 0.2) is 11.5 Å². The van der Waals surface area contributed by atoms with Gasteiger partial charge in [-0.15, -0.1) is 0 Å². The third kappa shape index (κ3) is 2.25. The predicted molar refractivity (Wildman–Crippen MR) is 51.1 cm³/mol. The largest absolute Gasteiger partial charge is 0.435 e. The van der Waals surface area contributed by atoms with Crippen LogP contribution in [0.4, 0.5) is 13.2 Å². The Morgan fingerprint density at radius 3 is 2.47 bits per heavy atom. The van der Waals surface area contributed by atoms with Gasteiger partial charge < -0.3 is 0 Å². The number of alkyl halides is 3. The average Bonchev–Trinajstić information content (AvgIpc) is 2.78. The van der Waals surface area contributed by atoms with Crippen molar-refractivity contribution in [3.63, 3.8) is 0 Å². The van der Waals surface area contributed by atoms with Crippen molar-refractivity contribution in [3.05, 3.63) is 41.9 Å². The number of pyridine rings is 1. The fourth-order valence-electron chi connectivity index (χ4n) is 1.19. The van der Waals surface area contributed by atoms with E-state index in [1.807, 2.05) is 6.07 Å². The Hall–Kier alpha value is -2.36. The maximum Gasteiger partial charge on any atom is 0.435 e. The van der Waals surface area contributed by atoms with Gasteiger partial charge in [0.1, 0.15) is 6.07 Å². The minimum atomic E-state index is -4.47. The van der Waals surface area contributed by atoms with E-state index in [9.17, 15) is 13.2 Å². The Morgan fingerprint density at radius 2 is 2.00 bits per heavy atom. The van der Waals surface area contributed by atoms with Crippen molar-refractivity contribution in [3.8, 4) is 11.9 Å². The third-order valence-electron chi connectivity index (χ3n) is 1.99. The van der Waals surface area contributed by atoms with Gasteiger partial charge in [0.2, 0.25) is 0 Å². The maximum absolute atomic E-state index is 12.3. The Kier molecular flexibility index (Phi) is 2.55. The summed E-state index contributed by atoms with van der Waals surface area (Å²) in [6.07, 6.45) is -2.04. The van der Waals surface area contributed by atoms with E-state index >= 15 is 0 Å². The lowest BCUT2D eigenvalue weighted by Gasteiger charge is -2.02. The fraction of sp³-hybridized carbons (Fsp3) is 0.100. The highest BCUT2D eigenvalue weighted by Crippen LogP contribution is 2.27. The van der Waals surface area contributed by atoms with Crippen LogP contribution in [-0.2, 0) is 6.18 Å². The van der Waals surface area contributed by atoms with Crippen molar-refractivity contribution in [1.82, 2.24) is 14.8 Å². The molecule has 0 aliphatic heterocycles. The molecule has 2 aromatic rings. The summed E-state index contributed by atoms with van der Waals surface area (Å²) in [4.78, 5) is 3.83. The van der Waals surface area contributed by atoms with E-state index in [0.717, 1.165) is 16.9 Å². The first kappa shape index (κ1) is 11.1. The van der Waals surface area contributed by atoms with Crippen LogP contribution in [0.25, 0.3) is 5.82 Å². The smallest absolute Gasteiger partial charge is 0.236 e. The second-order valence-electron chi connectivity index (χ2n) is 3.16. The summed E-state index contributed by atoms with van der Waals surface area (Å²) < 4.78 is 37.9. The standard InChI is InChI=1S/C10H5F3N4/c11-10(12,13)8-3-4-17(16-8)9-2-1-7(5-14)6-15-9/h1-4,6H. The summed E-state index contributed by atoms with van der Waals surface area (Å²) in [5, 5.41) is 11.9. The molecular weight excluding hydrogens is 233 g/mol. The number of hydrogen-bond donors (Lipinski definition) is 0. The molecule has 0 aromatic carbocycles. The molecule has 2 rings (SSSR count). The molecular formula is C10H5F3N4. The highest BCUT2D eigenvalue weighted by Gasteiger charge is 2.33. The van der Waals surface area contributed by atoms with Crippen LogP contribution in [0.2, 0.25) is 0 Å². The second kappa shape index (κ2) is 3.90. The maximum atomic E-state index is 12.3. The SMILES string of the molecule is N#Cc1ccc(-n2ccc(C(F)(F)F)n2)nc1. The lowest BCUT2D eigenvalue weighted by atomic mass is 10.3. The van der Waals surface area contributed by atoms with E-state index in [2.05, 4.69) is 10.1 Å². The molecule has 17 heavy (non-hydrogen) atoms. The van der Waals surface area contributed by atoms with Crippen LogP contribution in [0.3, 0.4) is 0 Å². The van der Waals surface area contributed by atoms with Crippen LogP contribution in [0.15, 0.2) is 30.6 Å². The van der Waals surface area contributed by atoms with E-state index in [0.29, 0.717) is 5.56 Å². The van der Waals surface area contributed by atoms with Crippen molar-refractivity contribution < 1.29 is 13.2 Å². The summed E-state index contributed by atoms with van der Waals surface area (Å²) in [6.45, 7) is 0. The summed E-state index contributed by atoms with van der Waals surface area (Å²) >= 11 is 0. The molecule has 0 aliphatic carbocycles. The first-order valence-electron chi connectivity index (χ1n) is 4.50. The molecule has 0 N–H and O–H groups in total.